The summed E-state index contributed by atoms with van der Waals surface area (Å²) in [5.41, 5.74) is 0.667. The Kier molecular flexibility index (Phi) is 7.09. The molecule has 0 spiro atoms. The van der Waals surface area contributed by atoms with Crippen LogP contribution in [0.2, 0.25) is 0 Å². The molecule has 3 rings (SSSR count). The van der Waals surface area contributed by atoms with Crippen molar-refractivity contribution in [2.75, 3.05) is 24.9 Å². The molecule has 0 aromatic heterocycles. The predicted octanol–water partition coefficient (Wildman–Crippen LogP) is 3.64. The van der Waals surface area contributed by atoms with E-state index in [2.05, 4.69) is 19.2 Å². The fraction of sp³-hybridized carbons (Fsp3) is 0.435. The smallest absolute Gasteiger partial charge is 0.304 e. The molecule has 1 atom stereocenters. The lowest BCUT2D eigenvalue weighted by Crippen LogP contribution is -2.49. The topological polar surface area (TPSA) is 79.0 Å². The van der Waals surface area contributed by atoms with Gasteiger partial charge in [-0.1, -0.05) is 32.0 Å². The van der Waals surface area contributed by atoms with Crippen molar-refractivity contribution in [1.82, 2.24) is 9.62 Å². The average Bonchev–Trinajstić information content (AvgIpc) is 2.77. The monoisotopic (exact) mass is 463 g/mol. The van der Waals surface area contributed by atoms with Gasteiger partial charge in [-0.05, 0) is 43.2 Å². The predicted molar refractivity (Wildman–Crippen MR) is 122 cm³/mol. The molecular weight excluding hydrogens is 433 g/mol. The summed E-state index contributed by atoms with van der Waals surface area (Å²) >= 11 is 0. The van der Waals surface area contributed by atoms with E-state index in [4.69, 9.17) is 4.74 Å². The van der Waals surface area contributed by atoms with Crippen molar-refractivity contribution >= 4 is 21.8 Å². The third kappa shape index (κ3) is 4.88. The molecule has 9 heteroatoms. The molecule has 1 amide bonds. The van der Waals surface area contributed by atoms with E-state index in [0.717, 1.165) is 44.9 Å². The molecular formula is C23H30FN3O4S. The van der Waals surface area contributed by atoms with Gasteiger partial charge in [-0.2, -0.15) is 12.7 Å². The molecule has 2 aromatic rings. The van der Waals surface area contributed by atoms with Gasteiger partial charge in [0.1, 0.15) is 23.7 Å². The van der Waals surface area contributed by atoms with E-state index >= 15 is 0 Å². The van der Waals surface area contributed by atoms with Crippen molar-refractivity contribution in [2.24, 2.45) is 0 Å². The number of anilines is 1. The lowest BCUT2D eigenvalue weighted by atomic mass is 9.83. The summed E-state index contributed by atoms with van der Waals surface area (Å²) < 4.78 is 47.4. The van der Waals surface area contributed by atoms with Crippen LogP contribution in [-0.4, -0.2) is 44.9 Å². The number of nitrogens with one attached hydrogen (secondary N) is 1. The Morgan fingerprint density at radius 1 is 1.12 bits per heavy atom. The number of halogens is 1. The van der Waals surface area contributed by atoms with Crippen LogP contribution in [0, 0.1) is 5.82 Å². The maximum absolute atomic E-state index is 13.4. The molecule has 0 saturated heterocycles. The van der Waals surface area contributed by atoms with Gasteiger partial charge in [-0.25, -0.2) is 8.70 Å². The molecule has 0 saturated carbocycles. The number of carbonyl (C=O) groups is 1. The summed E-state index contributed by atoms with van der Waals surface area (Å²) in [4.78, 5) is 13.1. The van der Waals surface area contributed by atoms with E-state index in [1.165, 1.54) is 26.2 Å². The molecule has 0 radical (unpaired) electrons. The first-order valence-electron chi connectivity index (χ1n) is 10.6. The lowest BCUT2D eigenvalue weighted by molar-refractivity contribution is -0.121. The largest absolute Gasteiger partial charge is 0.487 e. The highest BCUT2D eigenvalue weighted by molar-refractivity contribution is 7.90. The molecule has 1 heterocycles. The number of ether oxygens (including phenoxy) is 1. The van der Waals surface area contributed by atoms with Crippen LogP contribution in [0.5, 0.6) is 5.75 Å². The molecule has 1 aliphatic rings. The van der Waals surface area contributed by atoms with E-state index in [-0.39, 0.29) is 11.7 Å². The first-order valence-corrected chi connectivity index (χ1v) is 12.0. The van der Waals surface area contributed by atoms with Gasteiger partial charge in [-0.15, -0.1) is 0 Å². The molecule has 2 aromatic carbocycles. The van der Waals surface area contributed by atoms with Crippen molar-refractivity contribution in [3.63, 3.8) is 0 Å². The zero-order valence-electron chi connectivity index (χ0n) is 18.8. The second-order valence-corrected chi connectivity index (χ2v) is 10.2. The van der Waals surface area contributed by atoms with Crippen LogP contribution in [0.15, 0.2) is 48.5 Å². The summed E-state index contributed by atoms with van der Waals surface area (Å²) in [6.45, 7) is 3.67. The van der Waals surface area contributed by atoms with Gasteiger partial charge in [0.05, 0.1) is 11.7 Å². The van der Waals surface area contributed by atoms with E-state index < -0.39 is 34.1 Å². The number of nitrogens with zero attached hydrogens (tertiary/aromatic N) is 2. The summed E-state index contributed by atoms with van der Waals surface area (Å²) in [5.74, 6) is -0.221. The minimum Gasteiger partial charge on any atom is -0.487 e. The Hall–Kier alpha value is -2.65. The highest BCUT2D eigenvalue weighted by atomic mass is 32.2. The Bertz CT molecular complexity index is 1050. The molecule has 1 aliphatic heterocycles. The summed E-state index contributed by atoms with van der Waals surface area (Å²) in [7, 11) is -1.21. The number of benzene rings is 2. The Morgan fingerprint density at radius 2 is 1.75 bits per heavy atom. The Labute approximate surface area is 189 Å². The van der Waals surface area contributed by atoms with Crippen LogP contribution in [0.4, 0.5) is 10.1 Å². The third-order valence-electron chi connectivity index (χ3n) is 5.96. The summed E-state index contributed by atoms with van der Waals surface area (Å²) in [6, 6.07) is 12.3. The molecule has 0 bridgehead atoms. The number of carbonyl (C=O) groups excluding carboxylic acids is 1. The quantitative estimate of drug-likeness (QED) is 0.648. The van der Waals surface area contributed by atoms with Crippen molar-refractivity contribution in [3.8, 4) is 5.75 Å². The second kappa shape index (κ2) is 9.46. The van der Waals surface area contributed by atoms with Crippen molar-refractivity contribution in [2.45, 2.75) is 44.8 Å². The van der Waals surface area contributed by atoms with Gasteiger partial charge >= 0.3 is 10.2 Å². The number of para-hydroxylation sites is 1. The fourth-order valence-electron chi connectivity index (χ4n) is 3.91. The first-order chi connectivity index (χ1) is 15.1. The lowest BCUT2D eigenvalue weighted by Gasteiger charge is -2.41. The summed E-state index contributed by atoms with van der Waals surface area (Å²) in [5, 5.41) is 3.00. The van der Waals surface area contributed by atoms with Gasteiger partial charge in [-0.3, -0.25) is 4.79 Å². The van der Waals surface area contributed by atoms with Crippen molar-refractivity contribution < 1.29 is 22.3 Å². The minimum atomic E-state index is -3.97. The van der Waals surface area contributed by atoms with E-state index in [1.54, 1.807) is 0 Å². The van der Waals surface area contributed by atoms with Gasteiger partial charge in [0.15, 0.2) is 0 Å². The standard InChI is InChI=1S/C23H30FN3O4S/c1-5-23(6-2)15-20(19-9-7-8-10-21(19)31-23)25-22(28)16-27(32(29,30)26(3)4)18-13-11-17(24)12-14-18/h7-14,20H,5-6,15-16H2,1-4H3,(H,25,28). The number of hydrogen-bond acceptors (Lipinski definition) is 4. The van der Waals surface area contributed by atoms with E-state index in [9.17, 15) is 17.6 Å². The SMILES string of the molecule is CCC1(CC)CC(NC(=O)CN(c2ccc(F)cc2)S(=O)(=O)N(C)C)c2ccccc2O1. The van der Waals surface area contributed by atoms with Crippen LogP contribution in [0.1, 0.15) is 44.7 Å². The van der Waals surface area contributed by atoms with Crippen LogP contribution in [0.25, 0.3) is 0 Å². The fourth-order valence-corrected chi connectivity index (χ4v) is 4.97. The number of fused-ring (bicyclic) bond motifs is 1. The minimum absolute atomic E-state index is 0.207. The van der Waals surface area contributed by atoms with Gasteiger partial charge < -0.3 is 10.1 Å². The molecule has 174 valence electrons. The number of hydrogen-bond donors (Lipinski definition) is 1. The van der Waals surface area contributed by atoms with Crippen LogP contribution >= 0.6 is 0 Å². The maximum atomic E-state index is 13.4. The highest BCUT2D eigenvalue weighted by Crippen LogP contribution is 2.42. The Morgan fingerprint density at radius 3 is 2.34 bits per heavy atom. The number of rotatable bonds is 8. The Balaban J connectivity index is 1.88. The molecule has 7 nitrogen and oxygen atoms in total. The van der Waals surface area contributed by atoms with Crippen LogP contribution < -0.4 is 14.4 Å². The van der Waals surface area contributed by atoms with Crippen LogP contribution in [0.3, 0.4) is 0 Å². The highest BCUT2D eigenvalue weighted by Gasteiger charge is 2.39. The summed E-state index contributed by atoms with van der Waals surface area (Å²) in [6.07, 6.45) is 2.14. The first kappa shape index (κ1) is 24.0. The second-order valence-electron chi connectivity index (χ2n) is 8.13. The molecule has 32 heavy (non-hydrogen) atoms. The molecule has 0 aliphatic carbocycles. The van der Waals surface area contributed by atoms with Gasteiger partial charge in [0, 0.05) is 26.1 Å². The van der Waals surface area contributed by atoms with Crippen molar-refractivity contribution in [3.05, 3.63) is 59.9 Å². The van der Waals surface area contributed by atoms with Gasteiger partial charge in [0.2, 0.25) is 5.91 Å². The zero-order valence-corrected chi connectivity index (χ0v) is 19.7. The third-order valence-corrected chi connectivity index (χ3v) is 7.78. The molecule has 1 unspecified atom stereocenters. The zero-order chi connectivity index (χ0) is 23.5. The normalized spacial score (nSPS) is 17.4. The molecule has 1 N–H and O–H groups in total. The number of amides is 1. The maximum Gasteiger partial charge on any atom is 0.304 e. The molecule has 0 fully saturated rings. The average molecular weight is 464 g/mol. The van der Waals surface area contributed by atoms with Crippen molar-refractivity contribution in [1.29, 1.82) is 0 Å². The van der Waals surface area contributed by atoms with E-state index in [1.807, 2.05) is 24.3 Å². The van der Waals surface area contributed by atoms with Crippen LogP contribution in [-0.2, 0) is 15.0 Å². The van der Waals surface area contributed by atoms with Gasteiger partial charge in [0.25, 0.3) is 0 Å². The van der Waals surface area contributed by atoms with E-state index in [0.29, 0.717) is 6.42 Å².